The van der Waals surface area contributed by atoms with Gasteiger partial charge in [-0.05, 0) is 64.2 Å². The summed E-state index contributed by atoms with van der Waals surface area (Å²) in [5.74, 6) is -0.0495. The molecule has 0 aliphatic heterocycles. The van der Waals surface area contributed by atoms with E-state index in [0.717, 1.165) is 51.4 Å². The molecule has 0 aromatic heterocycles. The van der Waals surface area contributed by atoms with Gasteiger partial charge in [-0.2, -0.15) is 0 Å². The van der Waals surface area contributed by atoms with Gasteiger partial charge in [-0.1, -0.05) is 352 Å². The molecule has 2 unspecified atom stereocenters. The number of hydrogen-bond donors (Lipinski definition) is 3. The van der Waals surface area contributed by atoms with Crippen molar-refractivity contribution >= 4 is 11.9 Å². The number of aliphatic hydroxyl groups is 2. The van der Waals surface area contributed by atoms with Gasteiger partial charge < -0.3 is 20.3 Å². The maximum absolute atomic E-state index is 12.5. The van der Waals surface area contributed by atoms with E-state index in [4.69, 9.17) is 4.74 Å². The molecule has 2 atom stereocenters. The normalized spacial score (nSPS) is 12.7. The monoisotopic (exact) mass is 1110 g/mol. The van der Waals surface area contributed by atoms with E-state index in [0.29, 0.717) is 19.4 Å². The smallest absolute Gasteiger partial charge is 0.305 e. The number of carbonyl (C=O) groups excluding carboxylic acids is 2. The molecule has 0 saturated heterocycles. The van der Waals surface area contributed by atoms with Gasteiger partial charge in [0.25, 0.3) is 0 Å². The molecule has 0 spiro atoms. The van der Waals surface area contributed by atoms with Crippen LogP contribution in [0.2, 0.25) is 0 Å². The van der Waals surface area contributed by atoms with E-state index in [-0.39, 0.29) is 18.5 Å². The van der Waals surface area contributed by atoms with Crippen molar-refractivity contribution in [3.63, 3.8) is 0 Å². The first kappa shape index (κ1) is 77.1. The molecule has 6 heteroatoms. The van der Waals surface area contributed by atoms with Crippen LogP contribution in [0.15, 0.2) is 36.5 Å². The molecule has 0 aromatic rings. The minimum absolute atomic E-state index is 0.0128. The number of allylic oxidation sites excluding steroid dienone is 5. The molecule has 6 nitrogen and oxygen atoms in total. The Balaban J connectivity index is 3.33. The number of aliphatic hydroxyl groups excluding tert-OH is 2. The summed E-state index contributed by atoms with van der Waals surface area (Å²) in [5, 5.41) is 23.1. The van der Waals surface area contributed by atoms with Crippen LogP contribution in [0, 0.1) is 0 Å². The maximum Gasteiger partial charge on any atom is 0.305 e. The third-order valence-corrected chi connectivity index (χ3v) is 16.7. The summed E-state index contributed by atoms with van der Waals surface area (Å²) in [6.07, 6.45) is 88.0. The number of esters is 1. The van der Waals surface area contributed by atoms with Gasteiger partial charge in [0.15, 0.2) is 0 Å². The Hall–Kier alpha value is -1.92. The van der Waals surface area contributed by atoms with E-state index in [1.165, 1.54) is 315 Å². The van der Waals surface area contributed by atoms with Crippen LogP contribution in [0.4, 0.5) is 0 Å². The first-order valence-electron chi connectivity index (χ1n) is 35.8. The van der Waals surface area contributed by atoms with Crippen LogP contribution in [0.3, 0.4) is 0 Å². The first-order chi connectivity index (χ1) is 39.0. The third kappa shape index (κ3) is 65.1. The van der Waals surface area contributed by atoms with Gasteiger partial charge in [0.05, 0.1) is 25.4 Å². The van der Waals surface area contributed by atoms with Crippen molar-refractivity contribution in [3.05, 3.63) is 36.5 Å². The number of ether oxygens (including phenoxy) is 1. The van der Waals surface area contributed by atoms with Crippen molar-refractivity contribution in [2.24, 2.45) is 0 Å². The second kappa shape index (κ2) is 68.6. The van der Waals surface area contributed by atoms with E-state index < -0.39 is 12.1 Å². The van der Waals surface area contributed by atoms with Crippen molar-refractivity contribution in [2.45, 2.75) is 405 Å². The lowest BCUT2D eigenvalue weighted by molar-refractivity contribution is -0.143. The molecule has 79 heavy (non-hydrogen) atoms. The van der Waals surface area contributed by atoms with E-state index in [1.807, 2.05) is 6.08 Å². The lowest BCUT2D eigenvalue weighted by atomic mass is 10.0. The molecule has 1 amide bonds. The summed E-state index contributed by atoms with van der Waals surface area (Å²) in [6.45, 7) is 4.91. The van der Waals surface area contributed by atoms with E-state index in [1.54, 1.807) is 6.08 Å². The quantitative estimate of drug-likeness (QED) is 0.0320. The van der Waals surface area contributed by atoms with Gasteiger partial charge in [-0.25, -0.2) is 0 Å². The highest BCUT2D eigenvalue weighted by atomic mass is 16.5. The average molecular weight is 1110 g/mol. The summed E-state index contributed by atoms with van der Waals surface area (Å²) >= 11 is 0. The number of amides is 1. The average Bonchev–Trinajstić information content (AvgIpc) is 3.45. The molecular formula is C73H139NO5. The molecule has 0 aliphatic rings. The summed E-state index contributed by atoms with van der Waals surface area (Å²) in [6, 6.07) is -0.624. The van der Waals surface area contributed by atoms with Gasteiger partial charge in [-0.3, -0.25) is 9.59 Å². The van der Waals surface area contributed by atoms with Crippen molar-refractivity contribution in [2.75, 3.05) is 13.2 Å². The molecule has 0 aliphatic carbocycles. The van der Waals surface area contributed by atoms with Crippen LogP contribution in [0.1, 0.15) is 393 Å². The highest BCUT2D eigenvalue weighted by molar-refractivity contribution is 5.76. The summed E-state index contributed by atoms with van der Waals surface area (Å²) in [5.41, 5.74) is 0. The first-order valence-corrected chi connectivity index (χ1v) is 35.8. The molecule has 0 aromatic carbocycles. The van der Waals surface area contributed by atoms with Crippen LogP contribution in [-0.2, 0) is 14.3 Å². The second-order valence-electron chi connectivity index (χ2n) is 24.6. The summed E-state index contributed by atoms with van der Waals surface area (Å²) in [4.78, 5) is 24.6. The van der Waals surface area contributed by atoms with Crippen molar-refractivity contribution in [1.29, 1.82) is 0 Å². The third-order valence-electron chi connectivity index (χ3n) is 16.7. The van der Waals surface area contributed by atoms with Crippen LogP contribution in [-0.4, -0.2) is 47.4 Å². The fourth-order valence-electron chi connectivity index (χ4n) is 11.2. The lowest BCUT2D eigenvalue weighted by Crippen LogP contribution is -2.45. The molecule has 0 bridgehead atoms. The van der Waals surface area contributed by atoms with Crippen molar-refractivity contribution in [1.82, 2.24) is 5.32 Å². The predicted molar refractivity (Wildman–Crippen MR) is 347 cm³/mol. The molecule has 0 fully saturated rings. The fraction of sp³-hybridized carbons (Fsp3) is 0.890. The zero-order chi connectivity index (χ0) is 57.1. The van der Waals surface area contributed by atoms with E-state index in [9.17, 15) is 19.8 Å². The van der Waals surface area contributed by atoms with Crippen LogP contribution in [0.5, 0.6) is 0 Å². The maximum atomic E-state index is 12.5. The number of rotatable bonds is 67. The zero-order valence-electron chi connectivity index (χ0n) is 53.4. The topological polar surface area (TPSA) is 95.9 Å². The van der Waals surface area contributed by atoms with Gasteiger partial charge in [0.1, 0.15) is 0 Å². The van der Waals surface area contributed by atoms with Gasteiger partial charge >= 0.3 is 5.97 Å². The fourth-order valence-corrected chi connectivity index (χ4v) is 11.2. The Morgan fingerprint density at radius 2 is 0.633 bits per heavy atom. The standard InChI is InChI=1S/C73H139NO5/c1-3-5-7-9-11-13-15-17-19-20-36-39-43-47-51-55-59-63-67-73(78)79-68-64-60-56-52-48-44-40-37-34-32-30-28-26-24-22-21-23-25-27-29-31-33-35-38-42-46-50-54-58-62-66-72(77)74-70(69-75)71(76)65-61-57-53-49-45-41-18-16-14-12-10-8-6-4-2/h13,15,19-20,61,65,70-71,75-76H,3-12,14,16-18,21-60,62-64,66-69H2,1-2H3,(H,74,77)/b15-13-,20-19-,65-61+. The van der Waals surface area contributed by atoms with E-state index in [2.05, 4.69) is 43.5 Å². The number of nitrogens with one attached hydrogen (secondary N) is 1. The largest absolute Gasteiger partial charge is 0.466 e. The molecule has 0 radical (unpaired) electrons. The van der Waals surface area contributed by atoms with Gasteiger partial charge in [0.2, 0.25) is 5.91 Å². The summed E-state index contributed by atoms with van der Waals surface area (Å²) in [7, 11) is 0. The Morgan fingerprint density at radius 1 is 0.354 bits per heavy atom. The lowest BCUT2D eigenvalue weighted by Gasteiger charge is -2.20. The number of carbonyl (C=O) groups is 2. The molecule has 0 saturated carbocycles. The van der Waals surface area contributed by atoms with Crippen molar-refractivity contribution < 1.29 is 24.5 Å². The highest BCUT2D eigenvalue weighted by Gasteiger charge is 2.18. The molecular weight excluding hydrogens is 971 g/mol. The van der Waals surface area contributed by atoms with Crippen molar-refractivity contribution in [3.8, 4) is 0 Å². The SMILES string of the molecule is CCCCCC/C=C\C/C=C\CCCCCCCCCC(=O)OCCCCCCCCCCCCCCCCCCCCCCCCCCCCCCCCC(=O)NC(CO)C(O)/C=C/CCCCCCCCCCCCCC. The summed E-state index contributed by atoms with van der Waals surface area (Å²) < 4.78 is 5.50. The minimum Gasteiger partial charge on any atom is -0.466 e. The Morgan fingerprint density at radius 3 is 0.975 bits per heavy atom. The van der Waals surface area contributed by atoms with Gasteiger partial charge in [0, 0.05) is 12.8 Å². The predicted octanol–water partition coefficient (Wildman–Crippen LogP) is 23.1. The minimum atomic E-state index is -0.841. The van der Waals surface area contributed by atoms with Crippen LogP contribution < -0.4 is 5.32 Å². The van der Waals surface area contributed by atoms with Gasteiger partial charge in [-0.15, -0.1) is 0 Å². The second-order valence-corrected chi connectivity index (χ2v) is 24.6. The Bertz CT molecular complexity index is 1280. The Kier molecular flexibility index (Phi) is 66.9. The number of hydrogen-bond acceptors (Lipinski definition) is 5. The Labute approximate surface area is 494 Å². The molecule has 0 rings (SSSR count). The molecule has 3 N–H and O–H groups in total. The van der Waals surface area contributed by atoms with Crippen LogP contribution >= 0.6 is 0 Å². The highest BCUT2D eigenvalue weighted by Crippen LogP contribution is 2.19. The number of unbranched alkanes of at least 4 members (excludes halogenated alkanes) is 52. The molecule has 466 valence electrons. The van der Waals surface area contributed by atoms with E-state index >= 15 is 0 Å². The zero-order valence-corrected chi connectivity index (χ0v) is 53.4. The van der Waals surface area contributed by atoms with Crippen LogP contribution in [0.25, 0.3) is 0 Å². The molecule has 0 heterocycles.